The molecule has 1 spiro atoms. The largest absolute Gasteiger partial charge is 0.343 e. The first kappa shape index (κ1) is 20.1. The zero-order valence-corrected chi connectivity index (χ0v) is 17.7. The summed E-state index contributed by atoms with van der Waals surface area (Å²) in [6, 6.07) is 1.32. The maximum absolute atomic E-state index is 12.8. The lowest BCUT2D eigenvalue weighted by atomic mass is 9.71. The number of carbonyl (C=O) groups excluding carboxylic acids is 1. The summed E-state index contributed by atoms with van der Waals surface area (Å²) in [5.74, 6) is 1.05. The van der Waals surface area contributed by atoms with Gasteiger partial charge in [-0.2, -0.15) is 0 Å². The number of piperidine rings is 3. The summed E-state index contributed by atoms with van der Waals surface area (Å²) in [6.45, 7) is 16.0. The third-order valence-electron chi connectivity index (χ3n) is 7.61. The number of rotatable bonds is 4. The average Bonchev–Trinajstić information content (AvgIpc) is 2.63. The molecule has 0 N–H and O–H groups in total. The van der Waals surface area contributed by atoms with E-state index in [1.165, 1.54) is 64.7 Å². The Labute approximate surface area is 161 Å². The second-order valence-corrected chi connectivity index (χ2v) is 9.79. The maximum Gasteiger partial charge on any atom is 0.222 e. The predicted molar refractivity (Wildman–Crippen MR) is 108 cm³/mol. The van der Waals surface area contributed by atoms with Crippen LogP contribution >= 0.6 is 0 Å². The third-order valence-corrected chi connectivity index (χ3v) is 7.61. The monoisotopic (exact) mass is 363 g/mol. The van der Waals surface area contributed by atoms with Crippen LogP contribution in [-0.4, -0.2) is 72.0 Å². The fraction of sp³-hybridized carbons (Fsp3) is 0.955. The molecular formula is C22H41N3O. The summed E-state index contributed by atoms with van der Waals surface area (Å²) in [5.41, 5.74) is 0.533. The Bertz CT molecular complexity index is 450. The van der Waals surface area contributed by atoms with Gasteiger partial charge in [-0.25, -0.2) is 0 Å². The SMILES string of the molecule is CC(C)N1CCC(CC(=O)N2CCC3(CC2)CCN(C(C)C)CC3)CC1. The van der Waals surface area contributed by atoms with Crippen LogP contribution in [0.2, 0.25) is 0 Å². The molecule has 0 unspecified atom stereocenters. The fourth-order valence-electron chi connectivity index (χ4n) is 5.29. The number of carbonyl (C=O) groups is 1. The van der Waals surface area contributed by atoms with E-state index in [1.54, 1.807) is 0 Å². The molecule has 4 heteroatoms. The molecule has 3 aliphatic heterocycles. The second-order valence-electron chi connectivity index (χ2n) is 9.79. The van der Waals surface area contributed by atoms with Crippen molar-refractivity contribution < 1.29 is 4.79 Å². The number of likely N-dealkylation sites (tertiary alicyclic amines) is 3. The zero-order valence-electron chi connectivity index (χ0n) is 17.7. The maximum atomic E-state index is 12.8. The van der Waals surface area contributed by atoms with Gasteiger partial charge in [-0.1, -0.05) is 0 Å². The van der Waals surface area contributed by atoms with Crippen LogP contribution in [0.1, 0.15) is 72.6 Å². The fourth-order valence-corrected chi connectivity index (χ4v) is 5.29. The summed E-state index contributed by atoms with van der Waals surface area (Å²) in [4.78, 5) is 20.2. The van der Waals surface area contributed by atoms with Gasteiger partial charge >= 0.3 is 0 Å². The second kappa shape index (κ2) is 8.60. The highest BCUT2D eigenvalue weighted by Gasteiger charge is 2.39. The molecule has 0 aromatic heterocycles. The Morgan fingerprint density at radius 1 is 0.808 bits per heavy atom. The molecule has 0 radical (unpaired) electrons. The minimum atomic E-state index is 0.433. The Hall–Kier alpha value is -0.610. The Morgan fingerprint density at radius 2 is 1.27 bits per heavy atom. The quantitative estimate of drug-likeness (QED) is 0.763. The molecular weight excluding hydrogens is 322 g/mol. The third kappa shape index (κ3) is 4.81. The van der Waals surface area contributed by atoms with E-state index in [0.717, 1.165) is 19.5 Å². The first-order chi connectivity index (χ1) is 12.4. The number of amides is 1. The molecule has 150 valence electrons. The van der Waals surface area contributed by atoms with Crippen molar-refractivity contribution in [2.45, 2.75) is 84.7 Å². The van der Waals surface area contributed by atoms with Crippen LogP contribution in [0.4, 0.5) is 0 Å². The van der Waals surface area contributed by atoms with Gasteiger partial charge in [-0.05, 0) is 104 Å². The Balaban J connectivity index is 1.40. The molecule has 3 aliphatic rings. The lowest BCUT2D eigenvalue weighted by Gasteiger charge is -2.48. The van der Waals surface area contributed by atoms with E-state index in [9.17, 15) is 4.79 Å². The van der Waals surface area contributed by atoms with E-state index in [0.29, 0.717) is 29.3 Å². The number of hydrogen-bond donors (Lipinski definition) is 0. The molecule has 3 heterocycles. The van der Waals surface area contributed by atoms with Crippen molar-refractivity contribution in [2.24, 2.45) is 11.3 Å². The van der Waals surface area contributed by atoms with Gasteiger partial charge in [0.1, 0.15) is 0 Å². The van der Waals surface area contributed by atoms with E-state index in [1.807, 2.05) is 0 Å². The summed E-state index contributed by atoms with van der Waals surface area (Å²) >= 11 is 0. The molecule has 0 aromatic carbocycles. The first-order valence-electron chi connectivity index (χ1n) is 11.1. The van der Waals surface area contributed by atoms with Crippen molar-refractivity contribution in [1.29, 1.82) is 0 Å². The predicted octanol–water partition coefficient (Wildman–Crippen LogP) is 3.61. The van der Waals surface area contributed by atoms with Crippen molar-refractivity contribution in [1.82, 2.24) is 14.7 Å². The highest BCUT2D eigenvalue weighted by molar-refractivity contribution is 5.76. The average molecular weight is 364 g/mol. The summed E-state index contributed by atoms with van der Waals surface area (Å²) < 4.78 is 0. The Morgan fingerprint density at radius 3 is 1.77 bits per heavy atom. The Kier molecular flexibility index (Phi) is 6.66. The topological polar surface area (TPSA) is 26.8 Å². The van der Waals surface area contributed by atoms with E-state index >= 15 is 0 Å². The van der Waals surface area contributed by atoms with Gasteiger partial charge in [0, 0.05) is 31.6 Å². The van der Waals surface area contributed by atoms with Gasteiger partial charge in [0.15, 0.2) is 0 Å². The van der Waals surface area contributed by atoms with Gasteiger partial charge < -0.3 is 14.7 Å². The highest BCUT2D eigenvalue weighted by Crippen LogP contribution is 2.41. The number of hydrogen-bond acceptors (Lipinski definition) is 3. The highest BCUT2D eigenvalue weighted by atomic mass is 16.2. The molecule has 4 nitrogen and oxygen atoms in total. The van der Waals surface area contributed by atoms with Crippen molar-refractivity contribution >= 4 is 5.91 Å². The van der Waals surface area contributed by atoms with Crippen LogP contribution in [0.15, 0.2) is 0 Å². The molecule has 0 atom stereocenters. The lowest BCUT2D eigenvalue weighted by molar-refractivity contribution is -0.135. The summed E-state index contributed by atoms with van der Waals surface area (Å²) in [6.07, 6.45) is 8.33. The van der Waals surface area contributed by atoms with Crippen molar-refractivity contribution in [3.05, 3.63) is 0 Å². The minimum absolute atomic E-state index is 0.433. The van der Waals surface area contributed by atoms with E-state index in [4.69, 9.17) is 0 Å². The van der Waals surface area contributed by atoms with Gasteiger partial charge in [0.05, 0.1) is 0 Å². The van der Waals surface area contributed by atoms with Crippen LogP contribution < -0.4 is 0 Å². The van der Waals surface area contributed by atoms with Crippen LogP contribution in [0.5, 0.6) is 0 Å². The molecule has 0 aliphatic carbocycles. The van der Waals surface area contributed by atoms with Gasteiger partial charge in [0.25, 0.3) is 0 Å². The molecule has 1 amide bonds. The van der Waals surface area contributed by atoms with Crippen LogP contribution in [-0.2, 0) is 4.79 Å². The molecule has 0 aromatic rings. The molecule has 3 rings (SSSR count). The van der Waals surface area contributed by atoms with Gasteiger partial charge in [-0.15, -0.1) is 0 Å². The minimum Gasteiger partial charge on any atom is -0.343 e. The lowest BCUT2D eigenvalue weighted by Crippen LogP contribution is -2.49. The summed E-state index contributed by atoms with van der Waals surface area (Å²) in [7, 11) is 0. The van der Waals surface area contributed by atoms with Gasteiger partial charge in [-0.3, -0.25) is 4.79 Å². The van der Waals surface area contributed by atoms with E-state index in [-0.39, 0.29) is 0 Å². The van der Waals surface area contributed by atoms with E-state index < -0.39 is 0 Å². The van der Waals surface area contributed by atoms with Crippen LogP contribution in [0.25, 0.3) is 0 Å². The molecule has 0 saturated carbocycles. The molecule has 26 heavy (non-hydrogen) atoms. The molecule has 3 fully saturated rings. The summed E-state index contributed by atoms with van der Waals surface area (Å²) in [5, 5.41) is 0. The first-order valence-corrected chi connectivity index (χ1v) is 11.1. The number of nitrogens with zero attached hydrogens (tertiary/aromatic N) is 3. The molecule has 0 bridgehead atoms. The van der Waals surface area contributed by atoms with Crippen molar-refractivity contribution in [2.75, 3.05) is 39.3 Å². The van der Waals surface area contributed by atoms with Crippen LogP contribution in [0, 0.1) is 11.3 Å². The van der Waals surface area contributed by atoms with E-state index in [2.05, 4.69) is 42.4 Å². The van der Waals surface area contributed by atoms with Crippen LogP contribution in [0.3, 0.4) is 0 Å². The van der Waals surface area contributed by atoms with Crippen molar-refractivity contribution in [3.8, 4) is 0 Å². The smallest absolute Gasteiger partial charge is 0.222 e. The molecule has 3 saturated heterocycles. The zero-order chi connectivity index (χ0) is 18.7. The van der Waals surface area contributed by atoms with Gasteiger partial charge in [0.2, 0.25) is 5.91 Å². The normalized spacial score (nSPS) is 26.2. The standard InChI is InChI=1S/C22H41N3O/c1-18(2)23-11-5-20(6-12-23)17-21(26)25-15-9-22(10-16-25)7-13-24(14-8-22)19(3)4/h18-20H,5-17H2,1-4H3. The van der Waals surface area contributed by atoms with Crippen molar-refractivity contribution in [3.63, 3.8) is 0 Å².